The molecule has 0 spiro atoms. The highest BCUT2D eigenvalue weighted by molar-refractivity contribution is 6.53. The summed E-state index contributed by atoms with van der Waals surface area (Å²) in [4.78, 5) is 50.5. The number of carbonyl (C=O) groups is 4. The van der Waals surface area contributed by atoms with Gasteiger partial charge in [-0.1, -0.05) is 40.9 Å². The molecular formula is C33H33Cl5N4O5. The van der Waals surface area contributed by atoms with Crippen LogP contribution in [-0.4, -0.2) is 40.3 Å². The molecule has 1 saturated carbocycles. The van der Waals surface area contributed by atoms with Gasteiger partial charge in [-0.05, 0) is 93.8 Å². The van der Waals surface area contributed by atoms with Crippen LogP contribution in [0, 0.1) is 12.8 Å². The zero-order valence-electron chi connectivity index (χ0n) is 25.9. The maximum atomic E-state index is 13.2. The molecule has 4 amide bonds. The van der Waals surface area contributed by atoms with Crippen molar-refractivity contribution in [3.8, 4) is 0 Å². The second-order valence-corrected chi connectivity index (χ2v) is 14.7. The first-order valence-corrected chi connectivity index (χ1v) is 16.5. The monoisotopic (exact) mass is 740 g/mol. The van der Waals surface area contributed by atoms with Crippen LogP contribution in [0.4, 0.5) is 21.9 Å². The lowest BCUT2D eigenvalue weighted by Gasteiger charge is -2.19. The minimum atomic E-state index is -1.35. The van der Waals surface area contributed by atoms with E-state index in [0.29, 0.717) is 51.2 Å². The van der Waals surface area contributed by atoms with Crippen LogP contribution in [0.25, 0.3) is 0 Å². The molecule has 1 aliphatic rings. The average Bonchev–Trinajstić information content (AvgIpc) is 3.55. The van der Waals surface area contributed by atoms with E-state index in [2.05, 4.69) is 21.3 Å². The van der Waals surface area contributed by atoms with Crippen molar-refractivity contribution in [2.24, 2.45) is 5.92 Å². The van der Waals surface area contributed by atoms with E-state index in [9.17, 15) is 19.2 Å². The number of aryl methyl sites for hydroxylation is 1. The first-order valence-electron chi connectivity index (χ1n) is 14.6. The van der Waals surface area contributed by atoms with Crippen LogP contribution < -0.4 is 21.3 Å². The molecule has 0 radical (unpaired) electrons. The summed E-state index contributed by atoms with van der Waals surface area (Å²) in [6, 6.07) is 14.5. The minimum Gasteiger partial charge on any atom is -0.444 e. The largest absolute Gasteiger partial charge is 0.444 e. The van der Waals surface area contributed by atoms with Gasteiger partial charge in [0, 0.05) is 35.9 Å². The van der Waals surface area contributed by atoms with Crippen molar-refractivity contribution in [2.75, 3.05) is 22.5 Å². The number of halogens is 5. The highest BCUT2D eigenvalue weighted by Crippen LogP contribution is 2.65. The molecule has 4 N–H and O–H groups in total. The number of alkyl halides is 2. The Morgan fingerprint density at radius 1 is 0.830 bits per heavy atom. The Kier molecular flexibility index (Phi) is 11.6. The highest BCUT2D eigenvalue weighted by atomic mass is 35.5. The molecule has 1 fully saturated rings. The maximum Gasteiger partial charge on any atom is 0.407 e. The zero-order valence-corrected chi connectivity index (χ0v) is 29.7. The van der Waals surface area contributed by atoms with Crippen LogP contribution in [0.3, 0.4) is 0 Å². The van der Waals surface area contributed by atoms with Gasteiger partial charge in [-0.25, -0.2) is 4.79 Å². The highest BCUT2D eigenvalue weighted by Gasteiger charge is 2.67. The fraction of sp³-hybridized carbons (Fsp3) is 0.333. The van der Waals surface area contributed by atoms with Gasteiger partial charge in [0.2, 0.25) is 11.8 Å². The smallest absolute Gasteiger partial charge is 0.407 e. The van der Waals surface area contributed by atoms with Crippen LogP contribution in [0.15, 0.2) is 54.6 Å². The maximum absolute atomic E-state index is 13.2. The molecule has 2 atom stereocenters. The predicted octanol–water partition coefficient (Wildman–Crippen LogP) is 8.98. The summed E-state index contributed by atoms with van der Waals surface area (Å²) in [5, 5.41) is 11.9. The molecular weight excluding hydrogens is 710 g/mol. The van der Waals surface area contributed by atoms with E-state index >= 15 is 0 Å². The van der Waals surface area contributed by atoms with Gasteiger partial charge in [0.15, 0.2) is 0 Å². The molecule has 1 aliphatic carbocycles. The fourth-order valence-corrected chi connectivity index (χ4v) is 6.16. The quantitative estimate of drug-likeness (QED) is 0.122. The fourth-order valence-electron chi connectivity index (χ4n) is 4.82. The van der Waals surface area contributed by atoms with E-state index in [0.717, 1.165) is 0 Å². The molecule has 0 aliphatic heterocycles. The summed E-state index contributed by atoms with van der Waals surface area (Å²) in [6.45, 7) is 7.38. The molecule has 0 bridgehead atoms. The molecule has 14 heteroatoms. The third-order valence-corrected chi connectivity index (χ3v) is 9.13. The van der Waals surface area contributed by atoms with Gasteiger partial charge >= 0.3 is 6.09 Å². The summed E-state index contributed by atoms with van der Waals surface area (Å²) in [5.41, 5.74) is 2.25. The average molecular weight is 743 g/mol. The third kappa shape index (κ3) is 9.67. The zero-order chi connectivity index (χ0) is 34.7. The molecule has 0 aromatic heterocycles. The SMILES string of the molecule is Cc1cc(NC(=O)CCCNC(=O)OC(C)(C)C)ccc1NC(=O)c1cc(NC(=O)[C@H]2[C@H](c3ccc(Cl)c(Cl)c3)C2(Cl)Cl)ccc1Cl. The lowest BCUT2D eigenvalue weighted by Crippen LogP contribution is -2.33. The molecule has 4 rings (SSSR count). The molecule has 0 heterocycles. The standard InChI is InChI=1S/C33H33Cl5N4O5/c1-17-14-19(40-26(43)6-5-13-39-31(46)47-32(2,3)4)9-12-25(17)42-29(44)21-16-20(8-11-22(21)34)41-30(45)28-27(33(28,37)38)18-7-10-23(35)24(36)15-18/h7-12,14-16,27-28H,5-6,13H2,1-4H3,(H,39,46)(H,40,43)(H,41,45)(H,42,44)/t27-,28+/m0/s1. The minimum absolute atomic E-state index is 0.126. The second-order valence-electron chi connectivity index (χ2n) is 12.1. The van der Waals surface area contributed by atoms with Crippen molar-refractivity contribution >= 4 is 98.9 Å². The van der Waals surface area contributed by atoms with E-state index in [-0.39, 0.29) is 22.9 Å². The second kappa shape index (κ2) is 14.9. The van der Waals surface area contributed by atoms with E-state index in [1.807, 2.05) is 0 Å². The summed E-state index contributed by atoms with van der Waals surface area (Å²) < 4.78 is 3.82. The van der Waals surface area contributed by atoms with Crippen LogP contribution in [-0.2, 0) is 14.3 Å². The Balaban J connectivity index is 1.32. The number of hydrogen-bond acceptors (Lipinski definition) is 5. The Labute approximate surface area is 297 Å². The molecule has 250 valence electrons. The van der Waals surface area contributed by atoms with Crippen molar-refractivity contribution in [3.05, 3.63) is 86.4 Å². The van der Waals surface area contributed by atoms with Gasteiger partial charge in [-0.3, -0.25) is 14.4 Å². The van der Waals surface area contributed by atoms with Crippen LogP contribution in [0.5, 0.6) is 0 Å². The first-order chi connectivity index (χ1) is 22.0. The van der Waals surface area contributed by atoms with Crippen molar-refractivity contribution in [3.63, 3.8) is 0 Å². The summed E-state index contributed by atoms with van der Waals surface area (Å²) in [6.07, 6.45) is 0.0763. The van der Waals surface area contributed by atoms with E-state index in [4.69, 9.17) is 62.7 Å². The van der Waals surface area contributed by atoms with Crippen molar-refractivity contribution in [2.45, 2.75) is 56.4 Å². The third-order valence-electron chi connectivity index (χ3n) is 7.12. The summed E-state index contributed by atoms with van der Waals surface area (Å²) in [5.74, 6) is -2.45. The number of benzene rings is 3. The lowest BCUT2D eigenvalue weighted by molar-refractivity contribution is -0.117. The Morgan fingerprint density at radius 2 is 1.49 bits per heavy atom. The molecule has 0 unspecified atom stereocenters. The molecule has 0 saturated heterocycles. The summed E-state index contributed by atoms with van der Waals surface area (Å²) in [7, 11) is 0. The Bertz CT molecular complexity index is 1710. The number of amides is 4. The predicted molar refractivity (Wildman–Crippen MR) is 188 cm³/mol. The van der Waals surface area contributed by atoms with Crippen LogP contribution in [0.1, 0.15) is 61.0 Å². The number of carbonyl (C=O) groups excluding carboxylic acids is 4. The van der Waals surface area contributed by atoms with E-state index < -0.39 is 39.7 Å². The number of nitrogens with one attached hydrogen (secondary N) is 4. The number of hydrogen-bond donors (Lipinski definition) is 4. The van der Waals surface area contributed by atoms with Crippen molar-refractivity contribution in [1.82, 2.24) is 5.32 Å². The summed E-state index contributed by atoms with van der Waals surface area (Å²) >= 11 is 31.4. The molecule has 47 heavy (non-hydrogen) atoms. The van der Waals surface area contributed by atoms with Gasteiger partial charge in [0.25, 0.3) is 5.91 Å². The number of alkyl carbamates (subject to hydrolysis) is 1. The molecule has 9 nitrogen and oxygen atoms in total. The molecule has 3 aromatic carbocycles. The van der Waals surface area contributed by atoms with Crippen molar-refractivity contribution < 1.29 is 23.9 Å². The van der Waals surface area contributed by atoms with E-state index in [1.165, 1.54) is 12.1 Å². The van der Waals surface area contributed by atoms with Gasteiger partial charge in [-0.15, -0.1) is 23.2 Å². The normalized spacial score (nSPS) is 16.5. The first kappa shape index (κ1) is 36.6. The van der Waals surface area contributed by atoms with Gasteiger partial charge in [0.05, 0.1) is 26.5 Å². The van der Waals surface area contributed by atoms with Crippen LogP contribution in [0.2, 0.25) is 15.1 Å². The lowest BCUT2D eigenvalue weighted by atomic mass is 10.1. The number of anilines is 3. The topological polar surface area (TPSA) is 126 Å². The number of ether oxygens (including phenoxy) is 1. The molecule has 3 aromatic rings. The number of rotatable bonds is 10. The van der Waals surface area contributed by atoms with Gasteiger partial charge < -0.3 is 26.0 Å². The van der Waals surface area contributed by atoms with Gasteiger partial charge in [0.1, 0.15) is 9.93 Å². The Hall–Kier alpha value is -3.21. The van der Waals surface area contributed by atoms with Gasteiger partial charge in [-0.2, -0.15) is 0 Å². The van der Waals surface area contributed by atoms with E-state index in [1.54, 1.807) is 70.2 Å². The Morgan fingerprint density at radius 3 is 2.15 bits per heavy atom. The van der Waals surface area contributed by atoms with Crippen LogP contribution >= 0.6 is 58.0 Å². The van der Waals surface area contributed by atoms with Crippen molar-refractivity contribution in [1.29, 1.82) is 0 Å².